The van der Waals surface area contributed by atoms with Crippen LogP contribution < -0.4 is 10.9 Å². The van der Waals surface area contributed by atoms with E-state index in [1.54, 1.807) is 0 Å². The Morgan fingerprint density at radius 3 is 2.94 bits per heavy atom. The van der Waals surface area contributed by atoms with E-state index in [2.05, 4.69) is 31.2 Å². The molecular formula is C10H6BrClFN3O. The molecule has 1 aromatic heterocycles. The highest BCUT2D eigenvalue weighted by atomic mass is 79.9. The fourth-order valence-corrected chi connectivity index (χ4v) is 1.72. The minimum absolute atomic E-state index is 0.207. The van der Waals surface area contributed by atoms with E-state index in [9.17, 15) is 9.18 Å². The number of aromatic nitrogens is 2. The number of nitrogens with one attached hydrogen (secondary N) is 2. The SMILES string of the molecule is O=c1[nH]cnc(Nc2ccc(F)cc2Cl)c1Br. The summed E-state index contributed by atoms with van der Waals surface area (Å²) in [5, 5.41) is 3.04. The van der Waals surface area contributed by atoms with Crippen molar-refractivity contribution in [3.8, 4) is 0 Å². The lowest BCUT2D eigenvalue weighted by atomic mass is 10.3. The molecule has 0 amide bonds. The van der Waals surface area contributed by atoms with Crippen molar-refractivity contribution in [3.05, 3.63) is 50.2 Å². The van der Waals surface area contributed by atoms with Crippen LogP contribution in [0.5, 0.6) is 0 Å². The number of hydrogen-bond acceptors (Lipinski definition) is 3. The van der Waals surface area contributed by atoms with Crippen molar-refractivity contribution in [2.24, 2.45) is 0 Å². The molecule has 0 radical (unpaired) electrons. The second kappa shape index (κ2) is 4.85. The van der Waals surface area contributed by atoms with Gasteiger partial charge in [0, 0.05) is 0 Å². The highest BCUT2D eigenvalue weighted by Gasteiger charge is 2.08. The van der Waals surface area contributed by atoms with Crippen molar-refractivity contribution in [2.75, 3.05) is 5.32 Å². The first-order chi connectivity index (χ1) is 8.08. The zero-order chi connectivity index (χ0) is 12.4. The summed E-state index contributed by atoms with van der Waals surface area (Å²) in [7, 11) is 0. The average Bonchev–Trinajstić information content (AvgIpc) is 2.28. The molecule has 2 rings (SSSR count). The molecular weight excluding hydrogens is 312 g/mol. The highest BCUT2D eigenvalue weighted by molar-refractivity contribution is 9.10. The monoisotopic (exact) mass is 317 g/mol. The number of anilines is 2. The fraction of sp³-hybridized carbons (Fsp3) is 0. The predicted molar refractivity (Wildman–Crippen MR) is 67.3 cm³/mol. The molecule has 0 spiro atoms. The topological polar surface area (TPSA) is 57.8 Å². The van der Waals surface area contributed by atoms with Gasteiger partial charge in [-0.2, -0.15) is 0 Å². The molecule has 2 N–H and O–H groups in total. The summed E-state index contributed by atoms with van der Waals surface area (Å²) in [6, 6.07) is 3.90. The first-order valence-corrected chi connectivity index (χ1v) is 5.70. The Morgan fingerprint density at radius 1 is 1.47 bits per heavy atom. The quantitative estimate of drug-likeness (QED) is 0.894. The molecule has 17 heavy (non-hydrogen) atoms. The predicted octanol–water partition coefficient (Wildman–Crippen LogP) is 3.07. The standard InChI is InChI=1S/C10H6BrClFN3O/c11-8-9(14-4-15-10(8)17)16-7-2-1-5(13)3-6(7)12/h1-4H,(H2,14,15,16,17). The van der Waals surface area contributed by atoms with E-state index >= 15 is 0 Å². The van der Waals surface area contributed by atoms with Gasteiger partial charge >= 0.3 is 0 Å². The van der Waals surface area contributed by atoms with E-state index in [1.807, 2.05) is 0 Å². The Morgan fingerprint density at radius 2 is 2.24 bits per heavy atom. The lowest BCUT2D eigenvalue weighted by Crippen LogP contribution is -2.10. The molecule has 4 nitrogen and oxygen atoms in total. The summed E-state index contributed by atoms with van der Waals surface area (Å²) in [6.45, 7) is 0. The number of rotatable bonds is 2. The third kappa shape index (κ3) is 2.65. The molecule has 7 heteroatoms. The molecule has 1 heterocycles. The minimum Gasteiger partial charge on any atom is -0.338 e. The van der Waals surface area contributed by atoms with Crippen LogP contribution in [0.1, 0.15) is 0 Å². The third-order valence-corrected chi connectivity index (χ3v) is 3.03. The minimum atomic E-state index is -0.432. The largest absolute Gasteiger partial charge is 0.338 e. The van der Waals surface area contributed by atoms with Gasteiger partial charge in [0.1, 0.15) is 10.3 Å². The van der Waals surface area contributed by atoms with Crippen LogP contribution >= 0.6 is 27.5 Å². The first-order valence-electron chi connectivity index (χ1n) is 4.53. The smallest absolute Gasteiger partial charge is 0.267 e. The number of benzene rings is 1. The molecule has 0 aliphatic carbocycles. The maximum absolute atomic E-state index is 12.8. The van der Waals surface area contributed by atoms with E-state index in [1.165, 1.54) is 24.5 Å². The summed E-state index contributed by atoms with van der Waals surface area (Å²) in [4.78, 5) is 17.6. The summed E-state index contributed by atoms with van der Waals surface area (Å²) in [5.41, 5.74) is 0.146. The lowest BCUT2D eigenvalue weighted by molar-refractivity contribution is 0.628. The average molecular weight is 319 g/mol. The number of nitrogens with zero attached hydrogens (tertiary/aromatic N) is 1. The van der Waals surface area contributed by atoms with Gasteiger partial charge in [-0.15, -0.1) is 0 Å². The van der Waals surface area contributed by atoms with Gasteiger partial charge in [-0.05, 0) is 34.1 Å². The Balaban J connectivity index is 2.38. The highest BCUT2D eigenvalue weighted by Crippen LogP contribution is 2.27. The van der Waals surface area contributed by atoms with Crippen molar-refractivity contribution in [2.45, 2.75) is 0 Å². The molecule has 0 aliphatic heterocycles. The lowest BCUT2D eigenvalue weighted by Gasteiger charge is -2.08. The Labute approximate surface area is 109 Å². The molecule has 2 aromatic rings. The molecule has 0 saturated heterocycles. The fourth-order valence-electron chi connectivity index (χ4n) is 1.19. The zero-order valence-electron chi connectivity index (χ0n) is 8.30. The van der Waals surface area contributed by atoms with Gasteiger partial charge in [-0.25, -0.2) is 9.37 Å². The van der Waals surface area contributed by atoms with Gasteiger partial charge in [0.05, 0.1) is 17.0 Å². The molecule has 0 fully saturated rings. The summed E-state index contributed by atoms with van der Waals surface area (Å²) in [6.07, 6.45) is 1.26. The zero-order valence-corrected chi connectivity index (χ0v) is 10.6. The van der Waals surface area contributed by atoms with Gasteiger partial charge < -0.3 is 10.3 Å². The maximum Gasteiger partial charge on any atom is 0.267 e. The van der Waals surface area contributed by atoms with Crippen LogP contribution in [0, 0.1) is 5.82 Å². The molecule has 0 bridgehead atoms. The van der Waals surface area contributed by atoms with Crippen LogP contribution in [0.15, 0.2) is 33.8 Å². The molecule has 0 saturated carbocycles. The molecule has 0 aliphatic rings. The van der Waals surface area contributed by atoms with Crippen LogP contribution in [0.25, 0.3) is 0 Å². The van der Waals surface area contributed by atoms with Crippen molar-refractivity contribution in [3.63, 3.8) is 0 Å². The first kappa shape index (κ1) is 12.1. The normalized spacial score (nSPS) is 10.3. The van der Waals surface area contributed by atoms with Gasteiger partial charge in [-0.3, -0.25) is 4.79 Å². The molecule has 0 atom stereocenters. The summed E-state index contributed by atoms with van der Waals surface area (Å²) in [5.74, 6) is -0.124. The summed E-state index contributed by atoms with van der Waals surface area (Å²) < 4.78 is 13.1. The van der Waals surface area contributed by atoms with Crippen LogP contribution in [0.3, 0.4) is 0 Å². The van der Waals surface area contributed by atoms with Crippen molar-refractivity contribution in [1.82, 2.24) is 9.97 Å². The number of H-pyrrole nitrogens is 1. The van der Waals surface area contributed by atoms with Gasteiger partial charge in [-0.1, -0.05) is 11.6 Å². The second-order valence-corrected chi connectivity index (χ2v) is 4.34. The van der Waals surface area contributed by atoms with E-state index in [-0.39, 0.29) is 15.1 Å². The van der Waals surface area contributed by atoms with E-state index in [0.717, 1.165) is 0 Å². The number of aromatic amines is 1. The van der Waals surface area contributed by atoms with Crippen LogP contribution in [-0.4, -0.2) is 9.97 Å². The van der Waals surface area contributed by atoms with Gasteiger partial charge in [0.25, 0.3) is 5.56 Å². The van der Waals surface area contributed by atoms with E-state index in [0.29, 0.717) is 11.5 Å². The molecule has 1 aromatic carbocycles. The van der Waals surface area contributed by atoms with Crippen molar-refractivity contribution >= 4 is 39.0 Å². The Hall–Kier alpha value is -1.40. The Kier molecular flexibility index (Phi) is 3.44. The van der Waals surface area contributed by atoms with E-state index in [4.69, 9.17) is 11.6 Å². The van der Waals surface area contributed by atoms with Gasteiger partial charge in [0.15, 0.2) is 5.82 Å². The molecule has 88 valence electrons. The van der Waals surface area contributed by atoms with Crippen LogP contribution in [0.4, 0.5) is 15.9 Å². The van der Waals surface area contributed by atoms with Gasteiger partial charge in [0.2, 0.25) is 0 Å². The van der Waals surface area contributed by atoms with Crippen LogP contribution in [0.2, 0.25) is 5.02 Å². The maximum atomic E-state index is 12.8. The number of halogens is 3. The number of hydrogen-bond donors (Lipinski definition) is 2. The summed E-state index contributed by atoms with van der Waals surface area (Å²) >= 11 is 8.93. The second-order valence-electron chi connectivity index (χ2n) is 3.14. The van der Waals surface area contributed by atoms with E-state index < -0.39 is 5.82 Å². The van der Waals surface area contributed by atoms with Crippen molar-refractivity contribution in [1.29, 1.82) is 0 Å². The van der Waals surface area contributed by atoms with Crippen LogP contribution in [-0.2, 0) is 0 Å². The van der Waals surface area contributed by atoms with Crippen molar-refractivity contribution < 1.29 is 4.39 Å². The Bertz CT molecular complexity index is 617. The third-order valence-electron chi connectivity index (χ3n) is 1.98. The molecule has 0 unspecified atom stereocenters.